The van der Waals surface area contributed by atoms with E-state index in [1.807, 2.05) is 6.07 Å². The molecule has 0 aliphatic rings. The van der Waals surface area contributed by atoms with Crippen LogP contribution in [0, 0.1) is 11.8 Å². The molecule has 2 N–H and O–H groups in total. The van der Waals surface area contributed by atoms with Crippen molar-refractivity contribution in [3.63, 3.8) is 0 Å². The van der Waals surface area contributed by atoms with Gasteiger partial charge in [-0.1, -0.05) is 40.7 Å². The maximum atomic E-state index is 12.7. The number of carboxylic acids is 1. The van der Waals surface area contributed by atoms with Gasteiger partial charge in [0.25, 0.3) is 0 Å². The fourth-order valence-electron chi connectivity index (χ4n) is 4.69. The first kappa shape index (κ1) is 39.7. The van der Waals surface area contributed by atoms with Crippen molar-refractivity contribution in [2.24, 2.45) is 11.8 Å². The van der Waals surface area contributed by atoms with Crippen LogP contribution < -0.4 is 14.8 Å². The Labute approximate surface area is 267 Å². The monoisotopic (exact) mass is 639 g/mol. The summed E-state index contributed by atoms with van der Waals surface area (Å²) in [7, 11) is 1.05. The normalized spacial score (nSPS) is 15.3. The number of amides is 1. The number of alkyl carbamates (subject to hydrolysis) is 1. The molecule has 0 aliphatic carbocycles. The Balaban J connectivity index is 3.24. The summed E-state index contributed by atoms with van der Waals surface area (Å²) in [4.78, 5) is 25.2. The second-order valence-electron chi connectivity index (χ2n) is 14.9. The van der Waals surface area contributed by atoms with Gasteiger partial charge in [0.15, 0.2) is 19.8 Å². The van der Waals surface area contributed by atoms with Gasteiger partial charge in [-0.05, 0) is 94.6 Å². The average molecular weight is 640 g/mol. The van der Waals surface area contributed by atoms with E-state index in [9.17, 15) is 14.7 Å². The van der Waals surface area contributed by atoms with Crippen LogP contribution in [-0.4, -0.2) is 70.2 Å². The molecule has 254 valence electrons. The highest BCUT2D eigenvalue weighted by molar-refractivity contribution is 6.74. The van der Waals surface area contributed by atoms with Crippen molar-refractivity contribution < 1.29 is 38.1 Å². The minimum atomic E-state index is -2.27. The zero-order chi connectivity index (χ0) is 33.9. The molecule has 10 heteroatoms. The molecule has 44 heavy (non-hydrogen) atoms. The minimum absolute atomic E-state index is 0.0658. The molecule has 1 amide bonds. The van der Waals surface area contributed by atoms with E-state index in [1.54, 1.807) is 35.0 Å². The molecule has 1 rings (SSSR count). The number of methoxy groups -OCH3 is 2. The van der Waals surface area contributed by atoms with Crippen molar-refractivity contribution in [3.8, 4) is 11.5 Å². The molecule has 0 fully saturated rings. The molecule has 0 radical (unpaired) electrons. The maximum absolute atomic E-state index is 12.7. The van der Waals surface area contributed by atoms with Crippen molar-refractivity contribution in [1.29, 1.82) is 0 Å². The second-order valence-corrected chi connectivity index (χ2v) is 19.7. The summed E-state index contributed by atoms with van der Waals surface area (Å²) in [5, 5.41) is 12.8. The highest BCUT2D eigenvalue weighted by Gasteiger charge is 2.44. The Morgan fingerprint density at radius 3 is 2.09 bits per heavy atom. The molecule has 0 aromatic heterocycles. The smallest absolute Gasteiger partial charge is 0.408 e. The average Bonchev–Trinajstić information content (AvgIpc) is 2.86. The number of carbonyl (C=O) groups is 2. The Morgan fingerprint density at radius 2 is 1.59 bits per heavy atom. The third-order valence-electron chi connectivity index (χ3n) is 8.43. The SMILES string of the molecule is COCCCOc1cc(C[C@H](CC[C@@H](C[C@@](C)(NC(=O)OC(C)(C)C)C(=O)O)O[Si](C)(C)C(C)(C)C)C(C)C)ccc1OC. The van der Waals surface area contributed by atoms with Crippen LogP contribution in [-0.2, 0) is 25.1 Å². The summed E-state index contributed by atoms with van der Waals surface area (Å²) in [6.45, 7) is 23.2. The van der Waals surface area contributed by atoms with Crippen molar-refractivity contribution in [3.05, 3.63) is 23.8 Å². The number of hydrogen-bond acceptors (Lipinski definition) is 7. The first-order chi connectivity index (χ1) is 20.1. The second kappa shape index (κ2) is 16.8. The number of benzene rings is 1. The van der Waals surface area contributed by atoms with E-state index in [0.717, 1.165) is 24.8 Å². The molecule has 9 nitrogen and oxygen atoms in total. The van der Waals surface area contributed by atoms with Crippen LogP contribution >= 0.6 is 0 Å². The van der Waals surface area contributed by atoms with E-state index < -0.39 is 31.5 Å². The lowest BCUT2D eigenvalue weighted by Gasteiger charge is -2.41. The lowest BCUT2D eigenvalue weighted by molar-refractivity contribution is -0.145. The molecule has 0 spiro atoms. The molecule has 0 heterocycles. The first-order valence-electron chi connectivity index (χ1n) is 15.8. The zero-order valence-electron chi connectivity index (χ0n) is 29.7. The van der Waals surface area contributed by atoms with Gasteiger partial charge < -0.3 is 33.8 Å². The number of rotatable bonds is 18. The van der Waals surface area contributed by atoms with Crippen molar-refractivity contribution >= 4 is 20.4 Å². The van der Waals surface area contributed by atoms with E-state index in [1.165, 1.54) is 6.92 Å². The van der Waals surface area contributed by atoms with Gasteiger partial charge in [0.1, 0.15) is 11.1 Å². The largest absolute Gasteiger partial charge is 0.493 e. The molecule has 0 unspecified atom stereocenters. The van der Waals surface area contributed by atoms with Crippen LogP contribution in [0.25, 0.3) is 0 Å². The van der Waals surface area contributed by atoms with Crippen LogP contribution in [0.3, 0.4) is 0 Å². The molecule has 1 aromatic rings. The maximum Gasteiger partial charge on any atom is 0.408 e. The minimum Gasteiger partial charge on any atom is -0.493 e. The summed E-state index contributed by atoms with van der Waals surface area (Å²) in [5.74, 6) is 0.977. The van der Waals surface area contributed by atoms with Crippen molar-refractivity contribution in [2.75, 3.05) is 27.4 Å². The third-order valence-corrected chi connectivity index (χ3v) is 13.0. The quantitative estimate of drug-likeness (QED) is 0.123. The Morgan fingerprint density at radius 1 is 0.955 bits per heavy atom. The number of carbonyl (C=O) groups excluding carboxylic acids is 1. The molecule has 1 aromatic carbocycles. The summed E-state index contributed by atoms with van der Waals surface area (Å²) in [5.41, 5.74) is -1.16. The van der Waals surface area contributed by atoms with Gasteiger partial charge in [-0.15, -0.1) is 0 Å². The lowest BCUT2D eigenvalue weighted by atomic mass is 9.83. The number of hydrogen-bond donors (Lipinski definition) is 2. The van der Waals surface area contributed by atoms with Crippen molar-refractivity contribution in [2.45, 2.75) is 130 Å². The lowest BCUT2D eigenvalue weighted by Crippen LogP contribution is -2.56. The number of aliphatic carboxylic acids is 1. The predicted octanol–water partition coefficient (Wildman–Crippen LogP) is 7.85. The molecule has 0 saturated carbocycles. The Hall–Kier alpha value is -2.30. The van der Waals surface area contributed by atoms with Crippen LogP contribution in [0.5, 0.6) is 11.5 Å². The van der Waals surface area contributed by atoms with Gasteiger partial charge in [0.2, 0.25) is 0 Å². The molecule has 3 atom stereocenters. The van der Waals surface area contributed by atoms with Gasteiger partial charge in [0, 0.05) is 32.7 Å². The van der Waals surface area contributed by atoms with Crippen LogP contribution in [0.1, 0.15) is 93.6 Å². The van der Waals surface area contributed by atoms with Crippen LogP contribution in [0.2, 0.25) is 18.1 Å². The van der Waals surface area contributed by atoms with Gasteiger partial charge >= 0.3 is 12.1 Å². The highest BCUT2D eigenvalue weighted by atomic mass is 28.4. The fourth-order valence-corrected chi connectivity index (χ4v) is 6.08. The van der Waals surface area contributed by atoms with E-state index in [-0.39, 0.29) is 17.6 Å². The summed E-state index contributed by atoms with van der Waals surface area (Å²) >= 11 is 0. The zero-order valence-corrected chi connectivity index (χ0v) is 30.7. The van der Waals surface area contributed by atoms with Crippen LogP contribution in [0.4, 0.5) is 4.79 Å². The Bertz CT molecular complexity index is 1050. The predicted molar refractivity (Wildman–Crippen MR) is 178 cm³/mol. The number of ether oxygens (including phenoxy) is 4. The fraction of sp³-hybridized carbons (Fsp3) is 0.765. The molecule has 0 aliphatic heterocycles. The van der Waals surface area contributed by atoms with Crippen LogP contribution in [0.15, 0.2) is 18.2 Å². The molecular weight excluding hydrogens is 578 g/mol. The number of carboxylic acid groups (broad SMARTS) is 1. The molecular formula is C34H61NO8Si. The van der Waals surface area contributed by atoms with Crippen molar-refractivity contribution in [1.82, 2.24) is 5.32 Å². The summed E-state index contributed by atoms with van der Waals surface area (Å²) in [6.07, 6.45) is 2.10. The van der Waals surface area contributed by atoms with E-state index in [0.29, 0.717) is 43.0 Å². The summed E-state index contributed by atoms with van der Waals surface area (Å²) < 4.78 is 28.9. The van der Waals surface area contributed by atoms with E-state index >= 15 is 0 Å². The highest BCUT2D eigenvalue weighted by Crippen LogP contribution is 2.39. The van der Waals surface area contributed by atoms with Gasteiger partial charge in [0.05, 0.1) is 13.7 Å². The van der Waals surface area contributed by atoms with E-state index in [2.05, 4.69) is 65.2 Å². The summed E-state index contributed by atoms with van der Waals surface area (Å²) in [6, 6.07) is 6.07. The van der Waals surface area contributed by atoms with Gasteiger partial charge in [-0.25, -0.2) is 9.59 Å². The third kappa shape index (κ3) is 13.4. The van der Waals surface area contributed by atoms with Gasteiger partial charge in [-0.2, -0.15) is 0 Å². The van der Waals surface area contributed by atoms with E-state index in [4.69, 9.17) is 23.4 Å². The number of nitrogens with one attached hydrogen (secondary N) is 1. The standard InChI is InChI=1S/C34H61NO8Si/c1-24(2)26(21-25-15-18-28(40-11)29(22-25)41-20-14-19-39-10)16-17-27(43-44(12,13)33(6,7)8)23-34(9,30(36)37)35-31(38)42-32(3,4)5/h15,18,22,24,26-27H,14,16-17,19-21,23H2,1-13H3,(H,35,38)(H,36,37)/t26-,27-,34+/m0/s1. The topological polar surface area (TPSA) is 113 Å². The van der Waals surface area contributed by atoms with Gasteiger partial charge in [-0.3, -0.25) is 0 Å². The first-order valence-corrected chi connectivity index (χ1v) is 18.8. The Kier molecular flexibility index (Phi) is 15.2. The molecule has 0 bridgehead atoms. The molecule has 0 saturated heterocycles.